The standard InChI is InChI=1S/C23H38N6O2.HI/c1-24-23(25-11-7-13-28-12-6-10-21(28)22(30)26(2)3)29-16-14-27(15-17-29)19-8-5-9-20(18-19)31-4;/h5,8-9,18,21H,6-7,10-17H2,1-4H3,(H,24,25);1H. The number of carbonyl (C=O) groups excluding carboxylic acids is 1. The van der Waals surface area contributed by atoms with Crippen LogP contribution in [0, 0.1) is 0 Å². The van der Waals surface area contributed by atoms with Gasteiger partial charge in [0.2, 0.25) is 5.91 Å². The summed E-state index contributed by atoms with van der Waals surface area (Å²) >= 11 is 0. The van der Waals surface area contributed by atoms with Crippen molar-refractivity contribution in [3.63, 3.8) is 0 Å². The summed E-state index contributed by atoms with van der Waals surface area (Å²) in [7, 11) is 7.25. The third kappa shape index (κ3) is 6.87. The summed E-state index contributed by atoms with van der Waals surface area (Å²) in [6.07, 6.45) is 3.08. The van der Waals surface area contributed by atoms with Crippen LogP contribution in [0.15, 0.2) is 29.3 Å². The van der Waals surface area contributed by atoms with Gasteiger partial charge in [-0.05, 0) is 37.9 Å². The van der Waals surface area contributed by atoms with Gasteiger partial charge in [0.1, 0.15) is 5.75 Å². The predicted molar refractivity (Wildman–Crippen MR) is 141 cm³/mol. The fraction of sp³-hybridized carbons (Fsp3) is 0.652. The molecule has 2 saturated heterocycles. The van der Waals surface area contributed by atoms with Gasteiger partial charge in [0, 0.05) is 72.2 Å². The Morgan fingerprint density at radius 1 is 1.22 bits per heavy atom. The van der Waals surface area contributed by atoms with Crippen LogP contribution in [0.3, 0.4) is 0 Å². The Morgan fingerprint density at radius 3 is 2.62 bits per heavy atom. The van der Waals surface area contributed by atoms with E-state index in [9.17, 15) is 4.79 Å². The Bertz CT molecular complexity index is 752. The second kappa shape index (κ2) is 13.1. The van der Waals surface area contributed by atoms with E-state index in [1.807, 2.05) is 33.3 Å². The highest BCUT2D eigenvalue weighted by molar-refractivity contribution is 14.0. The zero-order chi connectivity index (χ0) is 22.2. The second-order valence-corrected chi connectivity index (χ2v) is 8.43. The Hall–Kier alpha value is -1.75. The van der Waals surface area contributed by atoms with Gasteiger partial charge in [-0.3, -0.25) is 14.7 Å². The maximum absolute atomic E-state index is 12.3. The quantitative estimate of drug-likeness (QED) is 0.239. The molecule has 2 fully saturated rings. The number of piperazine rings is 1. The summed E-state index contributed by atoms with van der Waals surface area (Å²) in [6, 6.07) is 8.30. The third-order valence-corrected chi connectivity index (χ3v) is 6.20. The maximum atomic E-state index is 12.3. The van der Waals surface area contributed by atoms with Crippen LogP contribution in [0.5, 0.6) is 5.75 Å². The number of nitrogens with one attached hydrogen (secondary N) is 1. The van der Waals surface area contributed by atoms with Crippen molar-refractivity contribution in [1.82, 2.24) is 20.0 Å². The first-order valence-corrected chi connectivity index (χ1v) is 11.3. The molecule has 0 spiro atoms. The Labute approximate surface area is 210 Å². The lowest BCUT2D eigenvalue weighted by Gasteiger charge is -2.37. The first-order chi connectivity index (χ1) is 15.0. The molecule has 1 aromatic rings. The lowest BCUT2D eigenvalue weighted by molar-refractivity contribution is -0.133. The van der Waals surface area contributed by atoms with Gasteiger partial charge in [-0.25, -0.2) is 0 Å². The highest BCUT2D eigenvalue weighted by Gasteiger charge is 2.31. The topological polar surface area (TPSA) is 63.7 Å². The highest BCUT2D eigenvalue weighted by atomic mass is 127. The van der Waals surface area contributed by atoms with Gasteiger partial charge in [-0.2, -0.15) is 0 Å². The molecule has 2 aliphatic heterocycles. The molecule has 1 amide bonds. The molecule has 2 heterocycles. The van der Waals surface area contributed by atoms with Crippen molar-refractivity contribution in [3.8, 4) is 5.75 Å². The first kappa shape index (κ1) is 26.5. The summed E-state index contributed by atoms with van der Waals surface area (Å²) in [6.45, 7) is 6.60. The van der Waals surface area contributed by atoms with Crippen LogP contribution in [0.1, 0.15) is 19.3 Å². The second-order valence-electron chi connectivity index (χ2n) is 8.43. The molecule has 8 nitrogen and oxygen atoms in total. The lowest BCUT2D eigenvalue weighted by atomic mass is 10.2. The van der Waals surface area contributed by atoms with Crippen LogP contribution in [-0.4, -0.2) is 107 Å². The minimum Gasteiger partial charge on any atom is -0.497 e. The van der Waals surface area contributed by atoms with Crippen molar-refractivity contribution in [1.29, 1.82) is 0 Å². The minimum absolute atomic E-state index is 0. The van der Waals surface area contributed by atoms with Crippen molar-refractivity contribution in [2.24, 2.45) is 4.99 Å². The molecule has 0 aromatic heterocycles. The smallest absolute Gasteiger partial charge is 0.239 e. The summed E-state index contributed by atoms with van der Waals surface area (Å²) in [5.74, 6) is 2.09. The number of aliphatic imine (C=N–C) groups is 1. The molecule has 0 bridgehead atoms. The van der Waals surface area contributed by atoms with Crippen LogP contribution in [0.2, 0.25) is 0 Å². The number of hydrogen-bond donors (Lipinski definition) is 1. The van der Waals surface area contributed by atoms with E-state index < -0.39 is 0 Å². The van der Waals surface area contributed by atoms with E-state index in [1.165, 1.54) is 5.69 Å². The number of halogens is 1. The van der Waals surface area contributed by atoms with Crippen molar-refractivity contribution >= 4 is 41.5 Å². The molecule has 0 saturated carbocycles. The summed E-state index contributed by atoms with van der Waals surface area (Å²) < 4.78 is 5.35. The number of benzene rings is 1. The Balaban J connectivity index is 0.00000363. The van der Waals surface area contributed by atoms with Crippen molar-refractivity contribution in [2.75, 3.05) is 79.0 Å². The molecule has 1 unspecified atom stereocenters. The van der Waals surface area contributed by atoms with Crippen LogP contribution in [0.25, 0.3) is 0 Å². The number of hydrogen-bond acceptors (Lipinski definition) is 5. The fourth-order valence-corrected chi connectivity index (χ4v) is 4.47. The number of carbonyl (C=O) groups is 1. The molecule has 1 atom stereocenters. The zero-order valence-electron chi connectivity index (χ0n) is 19.9. The molecule has 180 valence electrons. The van der Waals surface area contributed by atoms with Gasteiger partial charge in [0.15, 0.2) is 5.96 Å². The number of amides is 1. The van der Waals surface area contributed by atoms with Crippen LogP contribution < -0.4 is 15.0 Å². The van der Waals surface area contributed by atoms with E-state index in [1.54, 1.807) is 12.0 Å². The molecule has 9 heteroatoms. The predicted octanol–water partition coefficient (Wildman–Crippen LogP) is 1.95. The van der Waals surface area contributed by atoms with Crippen molar-refractivity contribution in [3.05, 3.63) is 24.3 Å². The van der Waals surface area contributed by atoms with E-state index in [2.05, 4.69) is 37.1 Å². The van der Waals surface area contributed by atoms with Gasteiger partial charge in [0.25, 0.3) is 0 Å². The molecular formula is C23H39IN6O2. The number of rotatable bonds is 7. The van der Waals surface area contributed by atoms with E-state index in [-0.39, 0.29) is 35.9 Å². The van der Waals surface area contributed by atoms with Gasteiger partial charge in [0.05, 0.1) is 13.2 Å². The lowest BCUT2D eigenvalue weighted by Crippen LogP contribution is -2.52. The van der Waals surface area contributed by atoms with Gasteiger partial charge in [-0.1, -0.05) is 6.07 Å². The number of anilines is 1. The van der Waals surface area contributed by atoms with Gasteiger partial charge in [-0.15, -0.1) is 24.0 Å². The first-order valence-electron chi connectivity index (χ1n) is 11.3. The molecule has 0 radical (unpaired) electrons. The fourth-order valence-electron chi connectivity index (χ4n) is 4.47. The third-order valence-electron chi connectivity index (χ3n) is 6.20. The SMILES string of the molecule is CN=C(NCCCN1CCCC1C(=O)N(C)C)N1CCN(c2cccc(OC)c2)CC1.I. The molecule has 2 aliphatic rings. The molecule has 32 heavy (non-hydrogen) atoms. The van der Waals surface area contributed by atoms with Crippen molar-refractivity contribution < 1.29 is 9.53 Å². The summed E-state index contributed by atoms with van der Waals surface area (Å²) in [4.78, 5) is 25.6. The molecular weight excluding hydrogens is 519 g/mol. The number of nitrogens with zero attached hydrogens (tertiary/aromatic N) is 5. The summed E-state index contributed by atoms with van der Waals surface area (Å²) in [5.41, 5.74) is 1.20. The molecule has 1 aromatic carbocycles. The van der Waals surface area contributed by atoms with E-state index >= 15 is 0 Å². The summed E-state index contributed by atoms with van der Waals surface area (Å²) in [5, 5.41) is 3.52. The normalized spacial score (nSPS) is 19.5. The number of ether oxygens (including phenoxy) is 1. The number of likely N-dealkylation sites (N-methyl/N-ethyl adjacent to an activating group) is 1. The number of likely N-dealkylation sites (tertiary alicyclic amines) is 1. The maximum Gasteiger partial charge on any atom is 0.239 e. The minimum atomic E-state index is 0. The van der Waals surface area contributed by atoms with E-state index in [0.717, 1.165) is 76.8 Å². The molecule has 1 N–H and O–H groups in total. The van der Waals surface area contributed by atoms with Crippen LogP contribution >= 0.6 is 24.0 Å². The monoisotopic (exact) mass is 558 g/mol. The van der Waals surface area contributed by atoms with E-state index in [4.69, 9.17) is 4.74 Å². The van der Waals surface area contributed by atoms with Gasteiger partial charge >= 0.3 is 0 Å². The molecule has 3 rings (SSSR count). The average molecular weight is 559 g/mol. The van der Waals surface area contributed by atoms with Crippen LogP contribution in [0.4, 0.5) is 5.69 Å². The Morgan fingerprint density at radius 2 is 1.97 bits per heavy atom. The Kier molecular flexibility index (Phi) is 10.8. The average Bonchev–Trinajstić information content (AvgIpc) is 3.27. The number of guanidine groups is 1. The van der Waals surface area contributed by atoms with Crippen LogP contribution in [-0.2, 0) is 4.79 Å². The molecule has 0 aliphatic carbocycles. The largest absolute Gasteiger partial charge is 0.497 e. The highest BCUT2D eigenvalue weighted by Crippen LogP contribution is 2.22. The number of methoxy groups -OCH3 is 1. The van der Waals surface area contributed by atoms with Crippen molar-refractivity contribution in [2.45, 2.75) is 25.3 Å². The van der Waals surface area contributed by atoms with E-state index in [0.29, 0.717) is 0 Å². The van der Waals surface area contributed by atoms with Gasteiger partial charge < -0.3 is 24.8 Å². The zero-order valence-corrected chi connectivity index (χ0v) is 22.2.